The number of hydrogen-bond acceptors (Lipinski definition) is 5. The Balaban J connectivity index is 2.81. The third-order valence-corrected chi connectivity index (χ3v) is 3.31. The van der Waals surface area contributed by atoms with Crippen molar-refractivity contribution in [3.05, 3.63) is 0 Å². The van der Waals surface area contributed by atoms with Gasteiger partial charge in [-0.05, 0) is 48.5 Å². The SMILES string of the molecule is C[C@H]1CN(C(=O)OC(C)(C)C)[C@@H](CO)CN1C(=O)OC(C)(C)C. The Morgan fingerprint density at radius 3 is 1.78 bits per heavy atom. The zero-order valence-electron chi connectivity index (χ0n) is 15.3. The van der Waals surface area contributed by atoms with E-state index in [1.807, 2.05) is 6.92 Å². The van der Waals surface area contributed by atoms with Crippen molar-refractivity contribution >= 4 is 12.2 Å². The molecule has 1 N–H and O–H groups in total. The molecule has 0 aromatic rings. The van der Waals surface area contributed by atoms with Crippen LogP contribution < -0.4 is 0 Å². The molecule has 23 heavy (non-hydrogen) atoms. The van der Waals surface area contributed by atoms with Gasteiger partial charge in [0.15, 0.2) is 0 Å². The van der Waals surface area contributed by atoms with E-state index < -0.39 is 29.4 Å². The predicted molar refractivity (Wildman–Crippen MR) is 86.2 cm³/mol. The Bertz CT molecular complexity index is 439. The Kier molecular flexibility index (Phi) is 5.90. The third kappa shape index (κ3) is 5.89. The van der Waals surface area contributed by atoms with E-state index in [2.05, 4.69) is 0 Å². The minimum Gasteiger partial charge on any atom is -0.444 e. The lowest BCUT2D eigenvalue weighted by atomic mass is 10.1. The first kappa shape index (κ1) is 19.5. The number of ether oxygens (including phenoxy) is 2. The largest absolute Gasteiger partial charge is 0.444 e. The first-order valence-electron chi connectivity index (χ1n) is 7.94. The highest BCUT2D eigenvalue weighted by atomic mass is 16.6. The van der Waals surface area contributed by atoms with Gasteiger partial charge >= 0.3 is 12.2 Å². The topological polar surface area (TPSA) is 79.3 Å². The van der Waals surface area contributed by atoms with Crippen molar-refractivity contribution < 1.29 is 24.2 Å². The van der Waals surface area contributed by atoms with Crippen molar-refractivity contribution in [2.45, 2.75) is 71.8 Å². The molecule has 2 amide bonds. The van der Waals surface area contributed by atoms with Gasteiger partial charge in [0.1, 0.15) is 11.2 Å². The fraction of sp³-hybridized carbons (Fsp3) is 0.875. The van der Waals surface area contributed by atoms with Crippen LogP contribution in [0, 0.1) is 0 Å². The molecule has 7 nitrogen and oxygen atoms in total. The van der Waals surface area contributed by atoms with Crippen molar-refractivity contribution in [3.8, 4) is 0 Å². The summed E-state index contributed by atoms with van der Waals surface area (Å²) in [5, 5.41) is 9.60. The summed E-state index contributed by atoms with van der Waals surface area (Å²) in [5.41, 5.74) is -1.20. The minimum atomic E-state index is -0.609. The first-order chi connectivity index (χ1) is 10.3. The van der Waals surface area contributed by atoms with Gasteiger partial charge in [-0.1, -0.05) is 0 Å². The fourth-order valence-electron chi connectivity index (χ4n) is 2.31. The lowest BCUT2D eigenvalue weighted by Gasteiger charge is -2.44. The van der Waals surface area contributed by atoms with Crippen molar-refractivity contribution in [2.75, 3.05) is 19.7 Å². The Hall–Kier alpha value is -1.50. The van der Waals surface area contributed by atoms with Crippen LogP contribution in [0.5, 0.6) is 0 Å². The van der Waals surface area contributed by atoms with Crippen LogP contribution in [0.15, 0.2) is 0 Å². The van der Waals surface area contributed by atoms with Gasteiger partial charge in [0.25, 0.3) is 0 Å². The van der Waals surface area contributed by atoms with E-state index in [0.717, 1.165) is 0 Å². The number of rotatable bonds is 1. The Labute approximate surface area is 138 Å². The van der Waals surface area contributed by atoms with Crippen LogP contribution in [0.1, 0.15) is 48.5 Å². The summed E-state index contributed by atoms with van der Waals surface area (Å²) in [5.74, 6) is 0. The van der Waals surface area contributed by atoms with E-state index in [1.54, 1.807) is 46.4 Å². The maximum absolute atomic E-state index is 12.3. The monoisotopic (exact) mass is 330 g/mol. The van der Waals surface area contributed by atoms with Gasteiger partial charge in [0.05, 0.1) is 18.7 Å². The van der Waals surface area contributed by atoms with Gasteiger partial charge in [-0.25, -0.2) is 9.59 Å². The van der Waals surface area contributed by atoms with Gasteiger partial charge in [-0.3, -0.25) is 4.90 Å². The molecule has 1 saturated heterocycles. The molecule has 1 fully saturated rings. The molecule has 1 aliphatic rings. The number of carbonyl (C=O) groups is 2. The van der Waals surface area contributed by atoms with E-state index >= 15 is 0 Å². The number of amides is 2. The first-order valence-corrected chi connectivity index (χ1v) is 7.94. The smallest absolute Gasteiger partial charge is 0.410 e. The van der Waals surface area contributed by atoms with Crippen molar-refractivity contribution in [2.24, 2.45) is 0 Å². The van der Waals surface area contributed by atoms with Gasteiger partial charge < -0.3 is 19.5 Å². The number of nitrogens with zero attached hydrogens (tertiary/aromatic N) is 2. The molecule has 0 aromatic carbocycles. The highest BCUT2D eigenvalue weighted by Crippen LogP contribution is 2.21. The minimum absolute atomic E-state index is 0.214. The number of carbonyl (C=O) groups excluding carboxylic acids is 2. The Morgan fingerprint density at radius 2 is 1.39 bits per heavy atom. The van der Waals surface area contributed by atoms with E-state index in [-0.39, 0.29) is 19.2 Å². The second-order valence-electron chi connectivity index (χ2n) is 7.95. The molecule has 0 unspecified atom stereocenters. The number of aliphatic hydroxyl groups is 1. The van der Waals surface area contributed by atoms with Gasteiger partial charge in [-0.15, -0.1) is 0 Å². The molecule has 7 heteroatoms. The molecule has 0 radical (unpaired) electrons. The summed E-state index contributed by atoms with van der Waals surface area (Å²) in [7, 11) is 0. The average Bonchev–Trinajstić information content (AvgIpc) is 2.34. The van der Waals surface area contributed by atoms with Gasteiger partial charge in [0.2, 0.25) is 0 Å². The highest BCUT2D eigenvalue weighted by molar-refractivity contribution is 5.71. The zero-order valence-corrected chi connectivity index (χ0v) is 15.3. The number of piperazine rings is 1. The van der Waals surface area contributed by atoms with Gasteiger partial charge in [-0.2, -0.15) is 0 Å². The Morgan fingerprint density at radius 1 is 0.957 bits per heavy atom. The molecule has 2 atom stereocenters. The molecule has 134 valence electrons. The van der Waals surface area contributed by atoms with Crippen LogP contribution in [-0.4, -0.2) is 70.1 Å². The second kappa shape index (κ2) is 6.95. The summed E-state index contributed by atoms with van der Waals surface area (Å²) >= 11 is 0. The molecule has 0 aliphatic carbocycles. The van der Waals surface area contributed by atoms with Gasteiger partial charge in [0, 0.05) is 13.1 Å². The maximum atomic E-state index is 12.3. The average molecular weight is 330 g/mol. The van der Waals surface area contributed by atoms with Crippen LogP contribution in [0.2, 0.25) is 0 Å². The molecule has 0 spiro atoms. The summed E-state index contributed by atoms with van der Waals surface area (Å²) in [6, 6.07) is -0.728. The standard InChI is InChI=1S/C16H30N2O5/c1-11-8-18(14(21)23-16(5,6)7)12(10-19)9-17(11)13(20)22-15(2,3)4/h11-12,19H,8-10H2,1-7H3/t11-,12+/m0/s1. The lowest BCUT2D eigenvalue weighted by Crippen LogP contribution is -2.62. The van der Waals surface area contributed by atoms with Crippen LogP contribution in [0.25, 0.3) is 0 Å². The molecule has 0 bridgehead atoms. The van der Waals surface area contributed by atoms with Crippen molar-refractivity contribution in [1.29, 1.82) is 0 Å². The molecule has 1 heterocycles. The maximum Gasteiger partial charge on any atom is 0.410 e. The third-order valence-electron chi connectivity index (χ3n) is 3.31. The van der Waals surface area contributed by atoms with Crippen LogP contribution in [-0.2, 0) is 9.47 Å². The van der Waals surface area contributed by atoms with Crippen molar-refractivity contribution in [1.82, 2.24) is 9.80 Å². The second-order valence-corrected chi connectivity index (χ2v) is 7.95. The van der Waals surface area contributed by atoms with Crippen molar-refractivity contribution in [3.63, 3.8) is 0 Å². The van der Waals surface area contributed by atoms with Crippen LogP contribution in [0.3, 0.4) is 0 Å². The van der Waals surface area contributed by atoms with Crippen LogP contribution in [0.4, 0.5) is 9.59 Å². The summed E-state index contributed by atoms with van der Waals surface area (Å²) in [6.07, 6.45) is -0.917. The van der Waals surface area contributed by atoms with E-state index in [4.69, 9.17) is 9.47 Å². The summed E-state index contributed by atoms with van der Waals surface area (Å²) in [6.45, 7) is 12.9. The highest BCUT2D eigenvalue weighted by Gasteiger charge is 2.39. The predicted octanol–water partition coefficient (Wildman–Crippen LogP) is 2.22. The molecule has 1 aliphatic heterocycles. The molecule has 1 rings (SSSR count). The van der Waals surface area contributed by atoms with E-state index in [1.165, 1.54) is 4.90 Å². The van der Waals surface area contributed by atoms with E-state index in [9.17, 15) is 14.7 Å². The molecule has 0 saturated carbocycles. The zero-order chi connectivity index (χ0) is 18.0. The van der Waals surface area contributed by atoms with Crippen LogP contribution >= 0.6 is 0 Å². The van der Waals surface area contributed by atoms with E-state index in [0.29, 0.717) is 6.54 Å². The fourth-order valence-corrected chi connectivity index (χ4v) is 2.31. The quantitative estimate of drug-likeness (QED) is 0.797. The molecular weight excluding hydrogens is 300 g/mol. The lowest BCUT2D eigenvalue weighted by molar-refractivity contribution is -0.0359. The number of hydrogen-bond donors (Lipinski definition) is 1. The summed E-state index contributed by atoms with van der Waals surface area (Å²) < 4.78 is 10.8. The summed E-state index contributed by atoms with van der Waals surface area (Å²) in [4.78, 5) is 27.6. The molecular formula is C16H30N2O5. The normalized spacial score (nSPS) is 22.8. The molecule has 0 aromatic heterocycles. The number of aliphatic hydroxyl groups excluding tert-OH is 1.